The van der Waals surface area contributed by atoms with E-state index in [1.807, 2.05) is 20.8 Å². The first kappa shape index (κ1) is 20.6. The van der Waals surface area contributed by atoms with E-state index in [2.05, 4.69) is 5.32 Å². The fourth-order valence-electron chi connectivity index (χ4n) is 2.01. The first-order valence-corrected chi connectivity index (χ1v) is 8.02. The van der Waals surface area contributed by atoms with Crippen molar-refractivity contribution in [2.75, 3.05) is 26.8 Å². The zero-order valence-corrected chi connectivity index (χ0v) is 15.2. The van der Waals surface area contributed by atoms with E-state index in [0.29, 0.717) is 12.1 Å². The lowest BCUT2D eigenvalue weighted by molar-refractivity contribution is -0.137. The number of carboxylic acid groups (broad SMARTS) is 1. The van der Waals surface area contributed by atoms with Gasteiger partial charge in [0.1, 0.15) is 6.54 Å². The molecule has 1 rings (SSSR count). The molecular weight excluding hydrogens is 324 g/mol. The van der Waals surface area contributed by atoms with Gasteiger partial charge in [-0.15, -0.1) is 0 Å². The summed E-state index contributed by atoms with van der Waals surface area (Å²) in [7, 11) is 1.49. The van der Waals surface area contributed by atoms with E-state index < -0.39 is 11.4 Å². The molecule has 0 spiro atoms. The molecular formula is C18H26N2O5. The number of rotatable bonds is 8. The average Bonchev–Trinajstić information content (AvgIpc) is 2.55. The number of ether oxygens (including phenoxy) is 1. The maximum atomic E-state index is 12.4. The lowest BCUT2D eigenvalue weighted by Crippen LogP contribution is -2.38. The fourth-order valence-corrected chi connectivity index (χ4v) is 2.01. The maximum Gasteiger partial charge on any atom is 0.323 e. The molecule has 0 atom stereocenters. The van der Waals surface area contributed by atoms with Crippen LogP contribution in [0.4, 0.5) is 0 Å². The summed E-state index contributed by atoms with van der Waals surface area (Å²) < 4.78 is 4.91. The largest absolute Gasteiger partial charge is 0.480 e. The quantitative estimate of drug-likeness (QED) is 0.741. The molecule has 0 heterocycles. The maximum absolute atomic E-state index is 12.4. The van der Waals surface area contributed by atoms with Gasteiger partial charge in [0.2, 0.25) is 5.91 Å². The van der Waals surface area contributed by atoms with Gasteiger partial charge in [0, 0.05) is 31.2 Å². The Bertz CT molecular complexity index is 605. The zero-order valence-electron chi connectivity index (χ0n) is 15.2. The van der Waals surface area contributed by atoms with Crippen LogP contribution in [0.2, 0.25) is 0 Å². The van der Waals surface area contributed by atoms with Gasteiger partial charge in [0.25, 0.3) is 5.91 Å². The molecule has 0 saturated carbocycles. The molecule has 25 heavy (non-hydrogen) atoms. The molecule has 2 N–H and O–H groups in total. The number of nitrogens with one attached hydrogen (secondary N) is 1. The number of carbonyl (C=O) groups is 3. The van der Waals surface area contributed by atoms with Crippen LogP contribution in [0, 0.1) is 5.41 Å². The van der Waals surface area contributed by atoms with E-state index in [-0.39, 0.29) is 31.5 Å². The third kappa shape index (κ3) is 6.93. The van der Waals surface area contributed by atoms with Crippen LogP contribution in [-0.2, 0) is 20.9 Å². The minimum atomic E-state index is -1.08. The molecule has 0 aliphatic heterocycles. The molecule has 0 unspecified atom stereocenters. The summed E-state index contributed by atoms with van der Waals surface area (Å²) >= 11 is 0. The molecule has 7 nitrogen and oxygen atoms in total. The molecule has 0 saturated heterocycles. The number of hydrogen-bond donors (Lipinski definition) is 2. The predicted octanol–water partition coefficient (Wildman–Crippen LogP) is 1.52. The zero-order chi connectivity index (χ0) is 19.0. The van der Waals surface area contributed by atoms with Crippen LogP contribution in [0.1, 0.15) is 36.7 Å². The smallest absolute Gasteiger partial charge is 0.323 e. The summed E-state index contributed by atoms with van der Waals surface area (Å²) in [5, 5.41) is 11.8. The second-order valence-electron chi connectivity index (χ2n) is 6.74. The van der Waals surface area contributed by atoms with Crippen molar-refractivity contribution in [1.82, 2.24) is 10.2 Å². The number of hydrogen-bond acceptors (Lipinski definition) is 4. The number of methoxy groups -OCH3 is 1. The number of benzene rings is 1. The van der Waals surface area contributed by atoms with E-state index in [1.165, 1.54) is 12.0 Å². The molecule has 1 aromatic rings. The summed E-state index contributed by atoms with van der Waals surface area (Å²) in [6.45, 7) is 5.95. The Labute approximate surface area is 148 Å². The molecule has 0 fully saturated rings. The highest BCUT2D eigenvalue weighted by Crippen LogP contribution is 2.13. The van der Waals surface area contributed by atoms with E-state index >= 15 is 0 Å². The third-order valence-corrected chi connectivity index (χ3v) is 3.51. The highest BCUT2D eigenvalue weighted by Gasteiger charge is 2.21. The summed E-state index contributed by atoms with van der Waals surface area (Å²) in [4.78, 5) is 36.4. The van der Waals surface area contributed by atoms with Crippen molar-refractivity contribution in [2.24, 2.45) is 5.41 Å². The second kappa shape index (κ2) is 9.17. The van der Waals surface area contributed by atoms with Gasteiger partial charge in [-0.2, -0.15) is 0 Å². The highest BCUT2D eigenvalue weighted by molar-refractivity contribution is 5.95. The van der Waals surface area contributed by atoms with Crippen molar-refractivity contribution in [3.05, 3.63) is 35.4 Å². The summed E-state index contributed by atoms with van der Waals surface area (Å²) in [6.07, 6.45) is 0. The molecule has 1 aromatic carbocycles. The number of amides is 2. The van der Waals surface area contributed by atoms with E-state index in [9.17, 15) is 14.4 Å². The van der Waals surface area contributed by atoms with Crippen molar-refractivity contribution in [3.8, 4) is 0 Å². The van der Waals surface area contributed by atoms with Crippen molar-refractivity contribution in [1.29, 1.82) is 0 Å². The minimum Gasteiger partial charge on any atom is -0.480 e. The fraction of sp³-hybridized carbons (Fsp3) is 0.500. The molecule has 7 heteroatoms. The van der Waals surface area contributed by atoms with Gasteiger partial charge in [0.15, 0.2) is 0 Å². The standard InChI is InChI=1S/C18H26N2O5/c1-18(2,3)17(24)19-11-13-5-7-14(8-6-13)16(23)20(9-10-25-4)12-15(21)22/h5-8H,9-12H2,1-4H3,(H,19,24)(H,21,22). The van der Waals surface area contributed by atoms with Crippen LogP contribution < -0.4 is 5.32 Å². The van der Waals surface area contributed by atoms with Crippen LogP contribution in [-0.4, -0.2) is 54.6 Å². The molecule has 2 amide bonds. The second-order valence-corrected chi connectivity index (χ2v) is 6.74. The molecule has 0 radical (unpaired) electrons. The van der Waals surface area contributed by atoms with Crippen LogP contribution >= 0.6 is 0 Å². The van der Waals surface area contributed by atoms with Gasteiger partial charge in [-0.25, -0.2) is 0 Å². The molecule has 0 aliphatic rings. The van der Waals surface area contributed by atoms with Gasteiger partial charge >= 0.3 is 5.97 Å². The minimum absolute atomic E-state index is 0.0557. The Kier molecular flexibility index (Phi) is 7.57. The van der Waals surface area contributed by atoms with Crippen molar-refractivity contribution in [2.45, 2.75) is 27.3 Å². The van der Waals surface area contributed by atoms with Crippen molar-refractivity contribution >= 4 is 17.8 Å². The van der Waals surface area contributed by atoms with E-state index in [1.54, 1.807) is 24.3 Å². The summed E-state index contributed by atoms with van der Waals surface area (Å²) in [5.74, 6) is -1.50. The van der Waals surface area contributed by atoms with Gasteiger partial charge in [-0.3, -0.25) is 14.4 Å². The Morgan fingerprint density at radius 3 is 2.24 bits per heavy atom. The summed E-state index contributed by atoms with van der Waals surface area (Å²) in [5.41, 5.74) is 0.785. The Morgan fingerprint density at radius 1 is 1.16 bits per heavy atom. The normalized spacial score (nSPS) is 11.0. The first-order valence-electron chi connectivity index (χ1n) is 8.02. The Morgan fingerprint density at radius 2 is 1.76 bits per heavy atom. The lowest BCUT2D eigenvalue weighted by atomic mass is 9.95. The average molecular weight is 350 g/mol. The van der Waals surface area contributed by atoms with E-state index in [4.69, 9.17) is 9.84 Å². The van der Waals surface area contributed by atoms with Crippen LogP contribution in [0.25, 0.3) is 0 Å². The molecule has 0 aliphatic carbocycles. The molecule has 138 valence electrons. The molecule has 0 bridgehead atoms. The van der Waals surface area contributed by atoms with Crippen LogP contribution in [0.5, 0.6) is 0 Å². The van der Waals surface area contributed by atoms with Gasteiger partial charge in [-0.05, 0) is 17.7 Å². The first-order chi connectivity index (χ1) is 11.6. The topological polar surface area (TPSA) is 95.9 Å². The van der Waals surface area contributed by atoms with Crippen LogP contribution in [0.15, 0.2) is 24.3 Å². The monoisotopic (exact) mass is 350 g/mol. The number of carbonyl (C=O) groups excluding carboxylic acids is 2. The number of aliphatic carboxylic acids is 1. The summed E-state index contributed by atoms with van der Waals surface area (Å²) in [6, 6.07) is 6.74. The molecule has 0 aromatic heterocycles. The number of nitrogens with zero attached hydrogens (tertiary/aromatic N) is 1. The third-order valence-electron chi connectivity index (χ3n) is 3.51. The Hall–Kier alpha value is -2.41. The van der Waals surface area contributed by atoms with Gasteiger partial charge < -0.3 is 20.1 Å². The SMILES string of the molecule is COCCN(CC(=O)O)C(=O)c1ccc(CNC(=O)C(C)(C)C)cc1. The van der Waals surface area contributed by atoms with Gasteiger partial charge in [0.05, 0.1) is 6.61 Å². The van der Waals surface area contributed by atoms with Crippen molar-refractivity contribution < 1.29 is 24.2 Å². The Balaban J connectivity index is 2.74. The predicted molar refractivity (Wildman–Crippen MR) is 93.2 cm³/mol. The number of carboxylic acids is 1. The lowest BCUT2D eigenvalue weighted by Gasteiger charge is -2.20. The van der Waals surface area contributed by atoms with E-state index in [0.717, 1.165) is 5.56 Å². The highest BCUT2D eigenvalue weighted by atomic mass is 16.5. The van der Waals surface area contributed by atoms with Gasteiger partial charge in [-0.1, -0.05) is 32.9 Å². The van der Waals surface area contributed by atoms with Crippen LogP contribution in [0.3, 0.4) is 0 Å². The van der Waals surface area contributed by atoms with Crippen molar-refractivity contribution in [3.63, 3.8) is 0 Å².